The van der Waals surface area contributed by atoms with E-state index in [2.05, 4.69) is 12.1 Å². The van der Waals surface area contributed by atoms with E-state index in [4.69, 9.17) is 0 Å². The van der Waals surface area contributed by atoms with Gasteiger partial charge in [-0.25, -0.2) is 0 Å². The molecule has 13 heavy (non-hydrogen) atoms. The predicted octanol–water partition coefficient (Wildman–Crippen LogP) is 2.77. The van der Waals surface area contributed by atoms with Gasteiger partial charge in [-0.1, -0.05) is 37.3 Å². The van der Waals surface area contributed by atoms with E-state index in [1.165, 1.54) is 5.56 Å². The Hall–Kier alpha value is -1.11. The van der Waals surface area contributed by atoms with Gasteiger partial charge in [-0.2, -0.15) is 0 Å². The molecule has 0 heterocycles. The van der Waals surface area contributed by atoms with Crippen molar-refractivity contribution in [1.82, 2.24) is 0 Å². The monoisotopic (exact) mass is 174 g/mol. The fourth-order valence-electron chi connectivity index (χ4n) is 2.16. The minimum absolute atomic E-state index is 0.224. The van der Waals surface area contributed by atoms with Crippen molar-refractivity contribution in [2.75, 3.05) is 0 Å². The highest BCUT2D eigenvalue weighted by molar-refractivity contribution is 5.84. The summed E-state index contributed by atoms with van der Waals surface area (Å²) in [5.41, 5.74) is 1.32. The van der Waals surface area contributed by atoms with Crippen molar-refractivity contribution in [2.24, 2.45) is 5.92 Å². The zero-order valence-corrected chi connectivity index (χ0v) is 7.86. The first kappa shape index (κ1) is 8.49. The lowest BCUT2D eigenvalue weighted by atomic mass is 9.90. The average Bonchev–Trinajstić information content (AvgIpc) is 2.49. The lowest BCUT2D eigenvalue weighted by molar-refractivity contribution is -0.120. The van der Waals surface area contributed by atoms with E-state index < -0.39 is 0 Å². The Bertz CT molecular complexity index is 302. The van der Waals surface area contributed by atoms with Gasteiger partial charge in [0.15, 0.2) is 0 Å². The lowest BCUT2D eigenvalue weighted by Gasteiger charge is -2.13. The van der Waals surface area contributed by atoms with Gasteiger partial charge in [0.25, 0.3) is 0 Å². The van der Waals surface area contributed by atoms with Crippen LogP contribution >= 0.6 is 0 Å². The number of hydrogen-bond acceptors (Lipinski definition) is 1. The molecule has 0 aromatic heterocycles. The second-order valence-corrected chi connectivity index (χ2v) is 3.81. The van der Waals surface area contributed by atoms with Crippen LogP contribution in [0.3, 0.4) is 0 Å². The van der Waals surface area contributed by atoms with Crippen molar-refractivity contribution < 1.29 is 4.79 Å². The summed E-state index contributed by atoms with van der Waals surface area (Å²) in [4.78, 5) is 11.4. The Morgan fingerprint density at radius 1 is 1.23 bits per heavy atom. The molecule has 0 radical (unpaired) electrons. The zero-order valence-electron chi connectivity index (χ0n) is 7.86. The molecule has 1 aromatic rings. The summed E-state index contributed by atoms with van der Waals surface area (Å²) >= 11 is 0. The SMILES string of the molecule is CC1C(=O)CCC1c1ccccc1. The number of carbonyl (C=O) groups excluding carboxylic acids is 1. The molecule has 0 saturated heterocycles. The highest BCUT2D eigenvalue weighted by Gasteiger charge is 2.31. The van der Waals surface area contributed by atoms with Gasteiger partial charge in [0.2, 0.25) is 0 Å². The summed E-state index contributed by atoms with van der Waals surface area (Å²) in [5.74, 6) is 1.12. The van der Waals surface area contributed by atoms with Gasteiger partial charge in [-0.3, -0.25) is 4.79 Å². The predicted molar refractivity (Wildman–Crippen MR) is 52.6 cm³/mol. The maximum atomic E-state index is 11.4. The number of benzene rings is 1. The number of hydrogen-bond donors (Lipinski definition) is 0. The van der Waals surface area contributed by atoms with E-state index in [9.17, 15) is 4.79 Å². The molecule has 0 N–H and O–H groups in total. The van der Waals surface area contributed by atoms with Gasteiger partial charge in [0, 0.05) is 12.3 Å². The summed E-state index contributed by atoms with van der Waals surface area (Å²) in [6.45, 7) is 2.05. The normalized spacial score (nSPS) is 27.9. The first-order chi connectivity index (χ1) is 6.29. The summed E-state index contributed by atoms with van der Waals surface area (Å²) in [5, 5.41) is 0. The Balaban J connectivity index is 2.24. The van der Waals surface area contributed by atoms with E-state index >= 15 is 0 Å². The summed E-state index contributed by atoms with van der Waals surface area (Å²) in [7, 11) is 0. The summed E-state index contributed by atoms with van der Waals surface area (Å²) in [6.07, 6.45) is 1.80. The van der Waals surface area contributed by atoms with Crippen molar-refractivity contribution in [3.63, 3.8) is 0 Å². The van der Waals surface area contributed by atoms with E-state index in [1.807, 2.05) is 25.1 Å². The van der Waals surface area contributed by atoms with Crippen LogP contribution in [-0.4, -0.2) is 5.78 Å². The molecule has 0 aliphatic heterocycles. The maximum Gasteiger partial charge on any atom is 0.136 e. The summed E-state index contributed by atoms with van der Waals surface area (Å²) < 4.78 is 0. The fourth-order valence-corrected chi connectivity index (χ4v) is 2.16. The van der Waals surface area contributed by atoms with Crippen molar-refractivity contribution in [1.29, 1.82) is 0 Å². The fraction of sp³-hybridized carbons (Fsp3) is 0.417. The number of Topliss-reactive ketones (excluding diaryl/α,β-unsaturated/α-hetero) is 1. The van der Waals surface area contributed by atoms with E-state index in [-0.39, 0.29) is 5.92 Å². The summed E-state index contributed by atoms with van der Waals surface area (Å²) in [6, 6.07) is 10.4. The molecule has 1 aliphatic carbocycles. The Morgan fingerprint density at radius 2 is 1.92 bits per heavy atom. The Morgan fingerprint density at radius 3 is 2.46 bits per heavy atom. The van der Waals surface area contributed by atoms with Crippen molar-refractivity contribution >= 4 is 5.78 Å². The topological polar surface area (TPSA) is 17.1 Å². The van der Waals surface area contributed by atoms with Crippen LogP contribution in [0, 0.1) is 5.92 Å². The highest BCUT2D eigenvalue weighted by Crippen LogP contribution is 2.36. The largest absolute Gasteiger partial charge is 0.299 e. The second-order valence-electron chi connectivity index (χ2n) is 3.81. The minimum atomic E-state index is 0.224. The molecular weight excluding hydrogens is 160 g/mol. The molecule has 0 spiro atoms. The van der Waals surface area contributed by atoms with E-state index in [0.29, 0.717) is 11.7 Å². The Labute approximate surface area is 78.8 Å². The molecule has 1 heteroatoms. The molecule has 2 unspecified atom stereocenters. The van der Waals surface area contributed by atoms with Gasteiger partial charge in [-0.15, -0.1) is 0 Å². The van der Waals surface area contributed by atoms with Gasteiger partial charge in [0.1, 0.15) is 5.78 Å². The molecule has 2 rings (SSSR count). The smallest absolute Gasteiger partial charge is 0.136 e. The third-order valence-corrected chi connectivity index (χ3v) is 3.04. The molecule has 0 amide bonds. The molecule has 68 valence electrons. The molecule has 1 saturated carbocycles. The van der Waals surface area contributed by atoms with Crippen molar-refractivity contribution in [3.8, 4) is 0 Å². The van der Waals surface area contributed by atoms with Crippen LogP contribution < -0.4 is 0 Å². The van der Waals surface area contributed by atoms with Gasteiger partial charge < -0.3 is 0 Å². The molecule has 1 aliphatic rings. The van der Waals surface area contributed by atoms with Crippen LogP contribution in [-0.2, 0) is 4.79 Å². The van der Waals surface area contributed by atoms with Crippen molar-refractivity contribution in [2.45, 2.75) is 25.7 Å². The van der Waals surface area contributed by atoms with Crippen LogP contribution in [0.5, 0.6) is 0 Å². The third-order valence-electron chi connectivity index (χ3n) is 3.04. The standard InChI is InChI=1S/C12H14O/c1-9-11(7-8-12(9)13)10-5-3-2-4-6-10/h2-6,9,11H,7-8H2,1H3. The third kappa shape index (κ3) is 1.51. The van der Waals surface area contributed by atoms with Crippen LogP contribution in [0.1, 0.15) is 31.2 Å². The zero-order chi connectivity index (χ0) is 9.26. The molecular formula is C12H14O. The number of ketones is 1. The highest BCUT2D eigenvalue weighted by atomic mass is 16.1. The van der Waals surface area contributed by atoms with Crippen LogP contribution in [0.15, 0.2) is 30.3 Å². The van der Waals surface area contributed by atoms with Crippen LogP contribution in [0.25, 0.3) is 0 Å². The van der Waals surface area contributed by atoms with Crippen molar-refractivity contribution in [3.05, 3.63) is 35.9 Å². The number of carbonyl (C=O) groups is 1. The molecule has 2 atom stereocenters. The minimum Gasteiger partial charge on any atom is -0.299 e. The number of rotatable bonds is 1. The van der Waals surface area contributed by atoms with Crippen LogP contribution in [0.2, 0.25) is 0 Å². The van der Waals surface area contributed by atoms with E-state index in [1.54, 1.807) is 0 Å². The van der Waals surface area contributed by atoms with E-state index in [0.717, 1.165) is 12.8 Å². The lowest BCUT2D eigenvalue weighted by Crippen LogP contribution is -2.08. The average molecular weight is 174 g/mol. The molecule has 1 aromatic carbocycles. The maximum absolute atomic E-state index is 11.4. The first-order valence-corrected chi connectivity index (χ1v) is 4.86. The second kappa shape index (κ2) is 3.33. The van der Waals surface area contributed by atoms with Gasteiger partial charge in [0.05, 0.1) is 0 Å². The molecule has 1 nitrogen and oxygen atoms in total. The van der Waals surface area contributed by atoms with Gasteiger partial charge in [-0.05, 0) is 17.9 Å². The molecule has 0 bridgehead atoms. The first-order valence-electron chi connectivity index (χ1n) is 4.86. The van der Waals surface area contributed by atoms with Crippen LogP contribution in [0.4, 0.5) is 0 Å². The van der Waals surface area contributed by atoms with Gasteiger partial charge >= 0.3 is 0 Å². The Kier molecular flexibility index (Phi) is 2.17. The quantitative estimate of drug-likeness (QED) is 0.639. The molecule has 1 fully saturated rings.